The SMILES string of the molecule is Cc1ncn(C)c1Sc1nnc(-c2cccnc2)n1C. The molecular formula is C13H14N6S. The normalized spacial score (nSPS) is 10.9. The van der Waals surface area contributed by atoms with Crippen molar-refractivity contribution in [3.05, 3.63) is 36.5 Å². The van der Waals surface area contributed by atoms with Gasteiger partial charge >= 0.3 is 0 Å². The second kappa shape index (κ2) is 5.09. The molecule has 0 radical (unpaired) electrons. The van der Waals surface area contributed by atoms with Crippen molar-refractivity contribution in [3.63, 3.8) is 0 Å². The highest BCUT2D eigenvalue weighted by Gasteiger charge is 2.15. The van der Waals surface area contributed by atoms with Crippen LogP contribution in [0.15, 0.2) is 41.0 Å². The maximum atomic E-state index is 4.28. The number of hydrogen-bond donors (Lipinski definition) is 0. The number of rotatable bonds is 3. The van der Waals surface area contributed by atoms with Crippen LogP contribution < -0.4 is 0 Å². The summed E-state index contributed by atoms with van der Waals surface area (Å²) in [5, 5.41) is 10.4. The van der Waals surface area contributed by atoms with E-state index in [1.165, 1.54) is 0 Å². The Kier molecular flexibility index (Phi) is 3.27. The van der Waals surface area contributed by atoms with E-state index < -0.39 is 0 Å². The highest BCUT2D eigenvalue weighted by Crippen LogP contribution is 2.29. The number of nitrogens with zero attached hydrogens (tertiary/aromatic N) is 6. The lowest BCUT2D eigenvalue weighted by Crippen LogP contribution is -1.96. The van der Waals surface area contributed by atoms with Gasteiger partial charge < -0.3 is 9.13 Å². The van der Waals surface area contributed by atoms with E-state index in [1.54, 1.807) is 30.5 Å². The Morgan fingerprint density at radius 2 is 2.05 bits per heavy atom. The fourth-order valence-corrected chi connectivity index (χ4v) is 2.79. The third kappa shape index (κ3) is 2.20. The van der Waals surface area contributed by atoms with Crippen molar-refractivity contribution in [1.82, 2.24) is 29.3 Å². The molecule has 0 atom stereocenters. The van der Waals surface area contributed by atoms with E-state index in [-0.39, 0.29) is 0 Å². The van der Waals surface area contributed by atoms with Crippen LogP contribution in [-0.2, 0) is 14.1 Å². The lowest BCUT2D eigenvalue weighted by Gasteiger charge is -2.04. The highest BCUT2D eigenvalue weighted by atomic mass is 32.2. The van der Waals surface area contributed by atoms with Crippen LogP contribution in [0, 0.1) is 6.92 Å². The number of aromatic nitrogens is 6. The first-order chi connectivity index (χ1) is 9.66. The smallest absolute Gasteiger partial charge is 0.197 e. The Morgan fingerprint density at radius 1 is 1.20 bits per heavy atom. The van der Waals surface area contributed by atoms with Gasteiger partial charge in [-0.3, -0.25) is 4.98 Å². The lowest BCUT2D eigenvalue weighted by atomic mass is 10.3. The summed E-state index contributed by atoms with van der Waals surface area (Å²) in [6.07, 6.45) is 5.33. The zero-order valence-corrected chi connectivity index (χ0v) is 12.3. The summed E-state index contributed by atoms with van der Waals surface area (Å²) < 4.78 is 3.95. The summed E-state index contributed by atoms with van der Waals surface area (Å²) in [4.78, 5) is 8.39. The summed E-state index contributed by atoms with van der Waals surface area (Å²) in [5.74, 6) is 0.806. The Morgan fingerprint density at radius 3 is 2.70 bits per heavy atom. The van der Waals surface area contributed by atoms with Crippen molar-refractivity contribution < 1.29 is 0 Å². The summed E-state index contributed by atoms with van der Waals surface area (Å²) in [6.45, 7) is 1.99. The summed E-state index contributed by atoms with van der Waals surface area (Å²) in [6, 6.07) is 3.86. The quantitative estimate of drug-likeness (QED) is 0.737. The minimum absolute atomic E-state index is 0.806. The molecule has 6 nitrogen and oxygen atoms in total. The van der Waals surface area contributed by atoms with Crippen LogP contribution >= 0.6 is 11.8 Å². The predicted molar refractivity (Wildman–Crippen MR) is 76.3 cm³/mol. The van der Waals surface area contributed by atoms with Gasteiger partial charge in [0.15, 0.2) is 11.0 Å². The second-order valence-electron chi connectivity index (χ2n) is 4.45. The molecule has 3 aromatic rings. The van der Waals surface area contributed by atoms with Crippen molar-refractivity contribution in [2.75, 3.05) is 0 Å². The minimum atomic E-state index is 0.806. The molecule has 0 saturated carbocycles. The molecule has 0 N–H and O–H groups in total. The van der Waals surface area contributed by atoms with Crippen LogP contribution in [0.4, 0.5) is 0 Å². The molecule has 3 rings (SSSR count). The van der Waals surface area contributed by atoms with Gasteiger partial charge in [0.05, 0.1) is 12.0 Å². The van der Waals surface area contributed by atoms with E-state index >= 15 is 0 Å². The predicted octanol–water partition coefficient (Wildman–Crippen LogP) is 2.07. The first-order valence-electron chi connectivity index (χ1n) is 6.12. The van der Waals surface area contributed by atoms with Crippen molar-refractivity contribution in [2.45, 2.75) is 17.1 Å². The van der Waals surface area contributed by atoms with Gasteiger partial charge in [0.2, 0.25) is 0 Å². The third-order valence-corrected chi connectivity index (χ3v) is 4.31. The van der Waals surface area contributed by atoms with Gasteiger partial charge in [-0.15, -0.1) is 10.2 Å². The molecule has 0 unspecified atom stereocenters. The zero-order chi connectivity index (χ0) is 14.1. The number of imidazole rings is 1. The maximum absolute atomic E-state index is 4.28. The summed E-state index contributed by atoms with van der Waals surface area (Å²) in [7, 11) is 3.93. The van der Waals surface area contributed by atoms with E-state index in [9.17, 15) is 0 Å². The maximum Gasteiger partial charge on any atom is 0.197 e. The first kappa shape index (κ1) is 12.9. The molecule has 0 aliphatic carbocycles. The van der Waals surface area contributed by atoms with Gasteiger partial charge in [-0.05, 0) is 30.8 Å². The molecule has 0 saturated heterocycles. The molecular weight excluding hydrogens is 272 g/mol. The highest BCUT2D eigenvalue weighted by molar-refractivity contribution is 7.99. The monoisotopic (exact) mass is 286 g/mol. The second-order valence-corrected chi connectivity index (χ2v) is 5.41. The van der Waals surface area contributed by atoms with Crippen LogP contribution in [0.1, 0.15) is 5.69 Å². The molecule has 20 heavy (non-hydrogen) atoms. The molecule has 3 aromatic heterocycles. The largest absolute Gasteiger partial charge is 0.328 e. The van der Waals surface area contributed by atoms with Gasteiger partial charge in [-0.25, -0.2) is 4.98 Å². The summed E-state index contributed by atoms with van der Waals surface area (Å²) in [5.41, 5.74) is 1.94. The van der Waals surface area contributed by atoms with Gasteiger partial charge in [0, 0.05) is 32.1 Å². The molecule has 0 spiro atoms. The molecule has 0 fully saturated rings. The van der Waals surface area contributed by atoms with Crippen LogP contribution in [0.2, 0.25) is 0 Å². The van der Waals surface area contributed by atoms with Gasteiger partial charge in [-0.2, -0.15) is 0 Å². The Balaban J connectivity index is 1.96. The van der Waals surface area contributed by atoms with Crippen LogP contribution in [0.5, 0.6) is 0 Å². The van der Waals surface area contributed by atoms with Crippen LogP contribution in [-0.4, -0.2) is 29.3 Å². The lowest BCUT2D eigenvalue weighted by molar-refractivity contribution is 0.777. The fourth-order valence-electron chi connectivity index (χ4n) is 1.92. The average Bonchev–Trinajstić information content (AvgIpc) is 2.98. The minimum Gasteiger partial charge on any atom is -0.328 e. The Hall–Kier alpha value is -2.15. The van der Waals surface area contributed by atoms with Crippen LogP contribution in [0.25, 0.3) is 11.4 Å². The fraction of sp³-hybridized carbons (Fsp3) is 0.231. The van der Waals surface area contributed by atoms with Crippen molar-refractivity contribution >= 4 is 11.8 Å². The Labute approximate surface area is 120 Å². The molecule has 0 aliphatic rings. The van der Waals surface area contributed by atoms with Crippen LogP contribution in [0.3, 0.4) is 0 Å². The van der Waals surface area contributed by atoms with Crippen molar-refractivity contribution in [3.8, 4) is 11.4 Å². The molecule has 0 amide bonds. The molecule has 3 heterocycles. The Bertz CT molecular complexity index is 711. The molecule has 0 aromatic carbocycles. The van der Waals surface area contributed by atoms with Gasteiger partial charge in [0.1, 0.15) is 5.03 Å². The number of pyridine rings is 1. The zero-order valence-electron chi connectivity index (χ0n) is 11.5. The first-order valence-corrected chi connectivity index (χ1v) is 6.94. The van der Waals surface area contributed by atoms with E-state index in [4.69, 9.17) is 0 Å². The van der Waals surface area contributed by atoms with E-state index in [2.05, 4.69) is 20.2 Å². The van der Waals surface area contributed by atoms with Crippen molar-refractivity contribution in [2.24, 2.45) is 14.1 Å². The molecule has 7 heteroatoms. The average molecular weight is 286 g/mol. The van der Waals surface area contributed by atoms with Gasteiger partial charge in [-0.1, -0.05) is 0 Å². The molecule has 0 aliphatic heterocycles. The van der Waals surface area contributed by atoms with E-state index in [0.29, 0.717) is 0 Å². The third-order valence-electron chi connectivity index (χ3n) is 3.00. The topological polar surface area (TPSA) is 61.4 Å². The van der Waals surface area contributed by atoms with E-state index in [1.807, 2.05) is 42.3 Å². The van der Waals surface area contributed by atoms with E-state index in [0.717, 1.165) is 27.3 Å². The number of hydrogen-bond acceptors (Lipinski definition) is 5. The molecule has 102 valence electrons. The number of aryl methyl sites for hydroxylation is 2. The van der Waals surface area contributed by atoms with Gasteiger partial charge in [0.25, 0.3) is 0 Å². The van der Waals surface area contributed by atoms with Crippen molar-refractivity contribution in [1.29, 1.82) is 0 Å². The summed E-state index contributed by atoms with van der Waals surface area (Å²) >= 11 is 1.56. The standard InChI is InChI=1S/C13H14N6S/c1-9-12(18(2)8-15-9)20-13-17-16-11(19(13)3)10-5-4-6-14-7-10/h4-8H,1-3H3. The molecule has 0 bridgehead atoms.